The lowest BCUT2D eigenvalue weighted by molar-refractivity contribution is -0.145. The second kappa shape index (κ2) is 4.45. The van der Waals surface area contributed by atoms with Gasteiger partial charge in [0.2, 0.25) is 0 Å². The Morgan fingerprint density at radius 3 is 2.75 bits per heavy atom. The maximum absolute atomic E-state index is 10.7. The fourth-order valence-corrected chi connectivity index (χ4v) is 2.40. The van der Waals surface area contributed by atoms with E-state index in [-0.39, 0.29) is 5.92 Å². The number of nitrogens with zero attached hydrogens (tertiary/aromatic N) is 1. The van der Waals surface area contributed by atoms with Gasteiger partial charge in [-0.3, -0.25) is 4.79 Å². The number of hydrogen-bond donors (Lipinski definition) is 1. The minimum absolute atomic E-state index is 0.153. The summed E-state index contributed by atoms with van der Waals surface area (Å²) >= 11 is 3.43. The van der Waals surface area contributed by atoms with Gasteiger partial charge in [0.05, 0.1) is 5.92 Å². The van der Waals surface area contributed by atoms with Gasteiger partial charge in [-0.15, -0.1) is 0 Å². The van der Waals surface area contributed by atoms with Crippen LogP contribution in [0, 0.1) is 5.92 Å². The topological polar surface area (TPSA) is 40.5 Å². The first kappa shape index (κ1) is 11.5. The van der Waals surface area contributed by atoms with E-state index in [2.05, 4.69) is 20.8 Å². The van der Waals surface area contributed by atoms with E-state index in [0.717, 1.165) is 23.0 Å². The van der Waals surface area contributed by atoms with Crippen molar-refractivity contribution in [1.82, 2.24) is 0 Å². The van der Waals surface area contributed by atoms with Gasteiger partial charge < -0.3 is 10.0 Å². The first-order valence-corrected chi connectivity index (χ1v) is 6.08. The number of aliphatic carboxylic acids is 1. The molecule has 0 atom stereocenters. The van der Waals surface area contributed by atoms with E-state index in [4.69, 9.17) is 5.11 Å². The van der Waals surface area contributed by atoms with Crippen molar-refractivity contribution >= 4 is 27.6 Å². The van der Waals surface area contributed by atoms with Crippen LogP contribution < -0.4 is 4.90 Å². The zero-order valence-corrected chi connectivity index (χ0v) is 10.6. The molecule has 2 rings (SSSR count). The highest BCUT2D eigenvalue weighted by Gasteiger charge is 2.36. The Kier molecular flexibility index (Phi) is 3.19. The van der Waals surface area contributed by atoms with Crippen LogP contribution in [0.5, 0.6) is 0 Å². The van der Waals surface area contributed by atoms with Crippen molar-refractivity contribution in [3.8, 4) is 0 Å². The highest BCUT2D eigenvalue weighted by atomic mass is 79.9. The predicted molar refractivity (Wildman–Crippen MR) is 66.7 cm³/mol. The predicted octanol–water partition coefficient (Wildman–Crippen LogP) is 2.75. The fraction of sp³-hybridized carbons (Fsp3) is 0.417. The molecule has 0 aliphatic heterocycles. The summed E-state index contributed by atoms with van der Waals surface area (Å²) in [5.41, 5.74) is 1.13. The number of anilines is 1. The molecular formula is C12H14BrNO2. The van der Waals surface area contributed by atoms with Crippen LogP contribution in [-0.4, -0.2) is 24.2 Å². The standard InChI is InChI=1S/C12H14BrNO2/c1-14(10-4-2-3-9(13)7-10)11-5-8(6-11)12(15)16/h2-4,7-8,11H,5-6H2,1H3,(H,15,16). The number of halogens is 1. The van der Waals surface area contributed by atoms with Crippen LogP contribution in [0.1, 0.15) is 12.8 Å². The second-order valence-corrected chi connectivity index (χ2v) is 5.17. The van der Waals surface area contributed by atoms with Crippen LogP contribution in [-0.2, 0) is 4.79 Å². The summed E-state index contributed by atoms with van der Waals surface area (Å²) < 4.78 is 1.05. The zero-order chi connectivity index (χ0) is 11.7. The number of benzene rings is 1. The molecule has 0 radical (unpaired) electrons. The molecule has 0 amide bonds. The van der Waals surface area contributed by atoms with Crippen molar-refractivity contribution in [2.24, 2.45) is 5.92 Å². The molecule has 1 saturated carbocycles. The Morgan fingerprint density at radius 2 is 2.19 bits per heavy atom. The van der Waals surface area contributed by atoms with Gasteiger partial charge in [-0.05, 0) is 31.0 Å². The Bertz CT molecular complexity index is 402. The van der Waals surface area contributed by atoms with Crippen LogP contribution in [0.15, 0.2) is 28.7 Å². The molecule has 4 heteroatoms. The third kappa shape index (κ3) is 2.21. The molecule has 0 bridgehead atoms. The van der Waals surface area contributed by atoms with Gasteiger partial charge in [-0.1, -0.05) is 22.0 Å². The summed E-state index contributed by atoms with van der Waals surface area (Å²) in [4.78, 5) is 12.9. The summed E-state index contributed by atoms with van der Waals surface area (Å²) in [6, 6.07) is 8.42. The van der Waals surface area contributed by atoms with E-state index in [1.165, 1.54) is 0 Å². The smallest absolute Gasteiger partial charge is 0.306 e. The van der Waals surface area contributed by atoms with Gasteiger partial charge in [-0.25, -0.2) is 0 Å². The van der Waals surface area contributed by atoms with E-state index >= 15 is 0 Å². The monoisotopic (exact) mass is 283 g/mol. The molecule has 1 aromatic rings. The molecule has 0 aromatic heterocycles. The summed E-state index contributed by atoms with van der Waals surface area (Å²) in [6.45, 7) is 0. The average Bonchev–Trinajstić information content (AvgIpc) is 2.14. The number of carboxylic acid groups (broad SMARTS) is 1. The maximum Gasteiger partial charge on any atom is 0.306 e. The highest BCUT2D eigenvalue weighted by Crippen LogP contribution is 2.34. The molecule has 3 nitrogen and oxygen atoms in total. The fourth-order valence-electron chi connectivity index (χ4n) is 2.01. The first-order valence-electron chi connectivity index (χ1n) is 5.29. The third-order valence-corrected chi connectivity index (χ3v) is 3.72. The van der Waals surface area contributed by atoms with E-state index in [1.807, 2.05) is 31.3 Å². The van der Waals surface area contributed by atoms with Crippen molar-refractivity contribution in [2.75, 3.05) is 11.9 Å². The van der Waals surface area contributed by atoms with E-state index in [1.54, 1.807) is 0 Å². The molecule has 86 valence electrons. The van der Waals surface area contributed by atoms with Gasteiger partial charge in [-0.2, -0.15) is 0 Å². The zero-order valence-electron chi connectivity index (χ0n) is 9.06. The second-order valence-electron chi connectivity index (χ2n) is 4.25. The Balaban J connectivity index is 2.00. The largest absolute Gasteiger partial charge is 0.481 e. The molecule has 0 spiro atoms. The molecule has 1 aromatic carbocycles. The van der Waals surface area contributed by atoms with Crippen LogP contribution in [0.2, 0.25) is 0 Å². The quantitative estimate of drug-likeness (QED) is 0.927. The summed E-state index contributed by atoms with van der Waals surface area (Å²) in [5, 5.41) is 8.82. The Labute approximate surface area is 103 Å². The van der Waals surface area contributed by atoms with Crippen molar-refractivity contribution in [2.45, 2.75) is 18.9 Å². The summed E-state index contributed by atoms with van der Waals surface area (Å²) in [5.74, 6) is -0.821. The Hall–Kier alpha value is -1.03. The number of hydrogen-bond acceptors (Lipinski definition) is 2. The van der Waals surface area contributed by atoms with Crippen LogP contribution in [0.3, 0.4) is 0 Å². The molecule has 16 heavy (non-hydrogen) atoms. The Morgan fingerprint density at radius 1 is 1.50 bits per heavy atom. The first-order chi connectivity index (χ1) is 7.58. The molecule has 1 N–H and O–H groups in total. The number of carboxylic acids is 1. The van der Waals surface area contributed by atoms with Crippen LogP contribution >= 0.6 is 15.9 Å². The van der Waals surface area contributed by atoms with Crippen molar-refractivity contribution in [1.29, 1.82) is 0 Å². The summed E-state index contributed by atoms with van der Waals surface area (Å²) in [6.07, 6.45) is 1.50. The lowest BCUT2D eigenvalue weighted by atomic mass is 9.79. The van der Waals surface area contributed by atoms with Crippen molar-refractivity contribution in [3.05, 3.63) is 28.7 Å². The molecule has 0 saturated heterocycles. The number of carbonyl (C=O) groups is 1. The SMILES string of the molecule is CN(c1cccc(Br)c1)C1CC(C(=O)O)C1. The van der Waals surface area contributed by atoms with Crippen molar-refractivity contribution in [3.63, 3.8) is 0 Å². The van der Waals surface area contributed by atoms with Gasteiger partial charge in [0, 0.05) is 23.2 Å². The molecule has 0 unspecified atom stereocenters. The molecule has 1 aliphatic rings. The van der Waals surface area contributed by atoms with Gasteiger partial charge in [0.15, 0.2) is 0 Å². The minimum atomic E-state index is -0.668. The molecule has 0 heterocycles. The maximum atomic E-state index is 10.7. The molecule has 1 fully saturated rings. The molecule has 1 aliphatic carbocycles. The number of rotatable bonds is 3. The lowest BCUT2D eigenvalue weighted by Crippen LogP contribution is -2.45. The van der Waals surface area contributed by atoms with Crippen molar-refractivity contribution < 1.29 is 9.90 Å². The average molecular weight is 284 g/mol. The van der Waals surface area contributed by atoms with Crippen LogP contribution in [0.4, 0.5) is 5.69 Å². The van der Waals surface area contributed by atoms with E-state index in [0.29, 0.717) is 6.04 Å². The lowest BCUT2D eigenvalue weighted by Gasteiger charge is -2.40. The third-order valence-electron chi connectivity index (χ3n) is 3.23. The van der Waals surface area contributed by atoms with Gasteiger partial charge in [0.1, 0.15) is 0 Å². The molecular weight excluding hydrogens is 270 g/mol. The van der Waals surface area contributed by atoms with Gasteiger partial charge >= 0.3 is 5.97 Å². The normalized spacial score (nSPS) is 23.6. The van der Waals surface area contributed by atoms with Crippen LogP contribution in [0.25, 0.3) is 0 Å². The highest BCUT2D eigenvalue weighted by molar-refractivity contribution is 9.10. The van der Waals surface area contributed by atoms with Gasteiger partial charge in [0.25, 0.3) is 0 Å². The minimum Gasteiger partial charge on any atom is -0.481 e. The van der Waals surface area contributed by atoms with E-state index in [9.17, 15) is 4.79 Å². The summed E-state index contributed by atoms with van der Waals surface area (Å²) in [7, 11) is 2.02. The van der Waals surface area contributed by atoms with E-state index < -0.39 is 5.97 Å².